The number of aryl methyl sites for hydroxylation is 1. The van der Waals surface area contributed by atoms with Crippen LogP contribution in [0.15, 0.2) is 24.5 Å². The van der Waals surface area contributed by atoms with E-state index < -0.39 is 11.6 Å². The minimum absolute atomic E-state index is 0.0383. The highest BCUT2D eigenvalue weighted by atomic mass is 19.1. The Morgan fingerprint density at radius 2 is 1.82 bits per heavy atom. The number of hydrogen-bond acceptors (Lipinski definition) is 1. The van der Waals surface area contributed by atoms with E-state index in [-0.39, 0.29) is 5.56 Å². The molecule has 0 N–H and O–H groups in total. The van der Waals surface area contributed by atoms with Crippen LogP contribution in [0.5, 0.6) is 0 Å². The molecule has 2 rings (SSSR count). The highest BCUT2D eigenvalue weighted by Crippen LogP contribution is 2.25. The number of halogens is 2. The molecule has 0 bridgehead atoms. The lowest BCUT2D eigenvalue weighted by Gasteiger charge is -2.03. The van der Waals surface area contributed by atoms with Crippen molar-refractivity contribution in [3.8, 4) is 11.1 Å². The van der Waals surface area contributed by atoms with Crippen molar-refractivity contribution in [2.45, 2.75) is 20.8 Å². The van der Waals surface area contributed by atoms with Crippen LogP contribution < -0.4 is 0 Å². The van der Waals surface area contributed by atoms with Crippen molar-refractivity contribution in [2.75, 3.05) is 0 Å². The van der Waals surface area contributed by atoms with E-state index in [9.17, 15) is 8.78 Å². The van der Waals surface area contributed by atoms with E-state index in [0.29, 0.717) is 11.1 Å². The Kier molecular flexibility index (Phi) is 4.37. The van der Waals surface area contributed by atoms with E-state index in [4.69, 9.17) is 0 Å². The molecule has 0 amide bonds. The number of rotatable bonds is 1. The van der Waals surface area contributed by atoms with Crippen LogP contribution in [0.2, 0.25) is 0 Å². The molecule has 0 fully saturated rings. The quantitative estimate of drug-likeness (QED) is 0.740. The van der Waals surface area contributed by atoms with Gasteiger partial charge in [-0.25, -0.2) is 8.78 Å². The van der Waals surface area contributed by atoms with Crippen LogP contribution in [0, 0.1) is 18.6 Å². The van der Waals surface area contributed by atoms with Crippen LogP contribution >= 0.6 is 0 Å². The minimum Gasteiger partial charge on any atom is -0.275 e. The predicted octanol–water partition coefficient (Wildman–Crippen LogP) is 3.70. The van der Waals surface area contributed by atoms with Crippen molar-refractivity contribution < 1.29 is 8.78 Å². The summed E-state index contributed by atoms with van der Waals surface area (Å²) in [4.78, 5) is 0. The zero-order chi connectivity index (χ0) is 13.0. The molecule has 2 nitrogen and oxygen atoms in total. The van der Waals surface area contributed by atoms with Gasteiger partial charge in [0, 0.05) is 29.9 Å². The lowest BCUT2D eigenvalue weighted by molar-refractivity contribution is 0.570. The first-order chi connectivity index (χ1) is 8.09. The van der Waals surface area contributed by atoms with Crippen LogP contribution in [0.1, 0.15) is 19.4 Å². The molecule has 0 spiro atoms. The molecule has 0 atom stereocenters. The average Bonchev–Trinajstić information content (AvgIpc) is 2.75. The van der Waals surface area contributed by atoms with E-state index in [2.05, 4.69) is 5.10 Å². The maximum absolute atomic E-state index is 13.7. The van der Waals surface area contributed by atoms with Crippen molar-refractivity contribution in [1.82, 2.24) is 9.78 Å². The molecule has 17 heavy (non-hydrogen) atoms. The average molecular weight is 238 g/mol. The van der Waals surface area contributed by atoms with Gasteiger partial charge in [0.1, 0.15) is 11.6 Å². The normalized spacial score (nSPS) is 9.76. The van der Waals surface area contributed by atoms with Crippen LogP contribution in [-0.2, 0) is 7.05 Å². The monoisotopic (exact) mass is 238 g/mol. The summed E-state index contributed by atoms with van der Waals surface area (Å²) in [5.74, 6) is -1.05. The number of benzene rings is 1. The summed E-state index contributed by atoms with van der Waals surface area (Å²) in [6, 6.07) is 2.69. The van der Waals surface area contributed by atoms with Crippen molar-refractivity contribution in [3.05, 3.63) is 41.7 Å². The molecule has 0 saturated heterocycles. The Hall–Kier alpha value is -1.71. The second kappa shape index (κ2) is 5.57. The predicted molar refractivity (Wildman–Crippen MR) is 64.6 cm³/mol. The van der Waals surface area contributed by atoms with Gasteiger partial charge < -0.3 is 0 Å². The molecule has 4 heteroatoms. The summed E-state index contributed by atoms with van der Waals surface area (Å²) in [6.45, 7) is 5.42. The van der Waals surface area contributed by atoms with Crippen LogP contribution in [-0.4, -0.2) is 9.78 Å². The summed E-state index contributed by atoms with van der Waals surface area (Å²) in [6.07, 6.45) is 3.24. The van der Waals surface area contributed by atoms with Gasteiger partial charge in [-0.2, -0.15) is 5.10 Å². The molecule has 1 aromatic carbocycles. The first-order valence-corrected chi connectivity index (χ1v) is 5.53. The third kappa shape index (κ3) is 2.70. The van der Waals surface area contributed by atoms with E-state index in [1.807, 2.05) is 13.8 Å². The van der Waals surface area contributed by atoms with Crippen LogP contribution in [0.3, 0.4) is 0 Å². The van der Waals surface area contributed by atoms with Crippen molar-refractivity contribution in [1.29, 1.82) is 0 Å². The summed E-state index contributed by atoms with van der Waals surface area (Å²) >= 11 is 0. The third-order valence-corrected chi connectivity index (χ3v) is 2.34. The van der Waals surface area contributed by atoms with Crippen LogP contribution in [0.25, 0.3) is 11.1 Å². The molecule has 0 aliphatic rings. The Bertz CT molecular complexity index is 504. The molecule has 0 saturated carbocycles. The first kappa shape index (κ1) is 13.4. The lowest BCUT2D eigenvalue weighted by Crippen LogP contribution is -1.91. The Morgan fingerprint density at radius 3 is 2.35 bits per heavy atom. The van der Waals surface area contributed by atoms with Gasteiger partial charge in [-0.3, -0.25) is 4.68 Å². The topological polar surface area (TPSA) is 17.8 Å². The third-order valence-electron chi connectivity index (χ3n) is 2.34. The number of hydrogen-bond donors (Lipinski definition) is 0. The van der Waals surface area contributed by atoms with Gasteiger partial charge in [-0.15, -0.1) is 0 Å². The fourth-order valence-corrected chi connectivity index (χ4v) is 1.44. The van der Waals surface area contributed by atoms with Gasteiger partial charge in [0.25, 0.3) is 0 Å². The van der Waals surface area contributed by atoms with Gasteiger partial charge in [-0.05, 0) is 19.1 Å². The highest BCUT2D eigenvalue weighted by molar-refractivity contribution is 5.63. The van der Waals surface area contributed by atoms with Crippen molar-refractivity contribution in [2.24, 2.45) is 7.05 Å². The largest absolute Gasteiger partial charge is 0.275 e. The highest BCUT2D eigenvalue weighted by Gasteiger charge is 2.12. The molecular weight excluding hydrogens is 222 g/mol. The summed E-state index contributed by atoms with van der Waals surface area (Å²) in [5.41, 5.74) is 1.07. The van der Waals surface area contributed by atoms with Gasteiger partial charge in [0.05, 0.1) is 6.20 Å². The maximum atomic E-state index is 13.7. The number of aromatic nitrogens is 2. The molecular formula is C13H16F2N2. The molecule has 1 heterocycles. The van der Waals surface area contributed by atoms with E-state index in [0.717, 1.165) is 0 Å². The van der Waals surface area contributed by atoms with Gasteiger partial charge in [0.15, 0.2) is 0 Å². The molecule has 0 unspecified atom stereocenters. The van der Waals surface area contributed by atoms with E-state index >= 15 is 0 Å². The molecule has 92 valence electrons. The number of nitrogens with zero attached hydrogens (tertiary/aromatic N) is 2. The smallest absolute Gasteiger partial charge is 0.136 e. The summed E-state index contributed by atoms with van der Waals surface area (Å²) in [7, 11) is 1.75. The van der Waals surface area contributed by atoms with Gasteiger partial charge in [-0.1, -0.05) is 13.8 Å². The van der Waals surface area contributed by atoms with Crippen molar-refractivity contribution >= 4 is 0 Å². The molecule has 0 aliphatic heterocycles. The minimum atomic E-state index is -0.528. The zero-order valence-corrected chi connectivity index (χ0v) is 10.5. The van der Waals surface area contributed by atoms with Crippen LogP contribution in [0.4, 0.5) is 8.78 Å². The van der Waals surface area contributed by atoms with Gasteiger partial charge in [0.2, 0.25) is 0 Å². The molecule has 0 radical (unpaired) electrons. The molecule has 1 aromatic heterocycles. The second-order valence-corrected chi connectivity index (χ2v) is 3.44. The fourth-order valence-electron chi connectivity index (χ4n) is 1.44. The fraction of sp³-hybridized carbons (Fsp3) is 0.308. The van der Waals surface area contributed by atoms with Crippen molar-refractivity contribution in [3.63, 3.8) is 0 Å². The standard InChI is InChI=1S/C11H10F2N2.C2H6/c1-7-10(12)4-3-9(11(7)13)8-5-14-15(2)6-8;1-2/h3-6H,1-2H3;1-2H3. The first-order valence-electron chi connectivity index (χ1n) is 5.53. The lowest BCUT2D eigenvalue weighted by atomic mass is 10.1. The second-order valence-electron chi connectivity index (χ2n) is 3.44. The van der Waals surface area contributed by atoms with Gasteiger partial charge >= 0.3 is 0 Å². The SMILES string of the molecule is CC.Cc1c(F)ccc(-c2cnn(C)c2)c1F. The Labute approximate surface area is 99.9 Å². The Morgan fingerprint density at radius 1 is 1.18 bits per heavy atom. The maximum Gasteiger partial charge on any atom is 0.136 e. The van der Waals surface area contributed by atoms with E-state index in [1.54, 1.807) is 24.1 Å². The van der Waals surface area contributed by atoms with E-state index in [1.165, 1.54) is 19.1 Å². The molecule has 2 aromatic rings. The summed E-state index contributed by atoms with van der Waals surface area (Å²) in [5, 5.41) is 3.94. The summed E-state index contributed by atoms with van der Waals surface area (Å²) < 4.78 is 28.3. The zero-order valence-electron chi connectivity index (χ0n) is 10.5. The Balaban J connectivity index is 0.000000686. The molecule has 0 aliphatic carbocycles.